The lowest BCUT2D eigenvalue weighted by Gasteiger charge is -2.26. The van der Waals surface area contributed by atoms with Gasteiger partial charge in [-0.2, -0.15) is 0 Å². The summed E-state index contributed by atoms with van der Waals surface area (Å²) in [4.78, 5) is 28.8. The number of aryl methyl sites for hydroxylation is 1. The molecule has 2 aromatic rings. The molecule has 2 unspecified atom stereocenters. The number of H-pyrrole nitrogens is 1. The van der Waals surface area contributed by atoms with E-state index in [-0.39, 0.29) is 41.7 Å². The fourth-order valence-electron chi connectivity index (χ4n) is 5.05. The van der Waals surface area contributed by atoms with Crippen molar-refractivity contribution in [3.05, 3.63) is 53.4 Å². The number of aromatic nitrogens is 1. The maximum atomic E-state index is 13.0. The van der Waals surface area contributed by atoms with Gasteiger partial charge in [-0.05, 0) is 79.8 Å². The first-order valence-corrected chi connectivity index (χ1v) is 11.9. The maximum absolute atomic E-state index is 13.0. The Morgan fingerprint density at radius 1 is 1.19 bits per heavy atom. The number of rotatable bonds is 10. The smallest absolute Gasteiger partial charge is 0.161 e. The van der Waals surface area contributed by atoms with Gasteiger partial charge in [-0.25, -0.2) is 0 Å². The Labute approximate surface area is 189 Å². The van der Waals surface area contributed by atoms with Crippen molar-refractivity contribution in [3.63, 3.8) is 0 Å². The van der Waals surface area contributed by atoms with Crippen LogP contribution in [0.1, 0.15) is 81.0 Å². The molecule has 0 radical (unpaired) electrons. The SMILES string of the molecule is CCCC1c2cc[nH]c2C=CC1C(=O)CC(=O)CCc1ccc(O)c(OC2CCCC2)c1. The van der Waals surface area contributed by atoms with Gasteiger partial charge in [0.15, 0.2) is 11.5 Å². The Morgan fingerprint density at radius 2 is 2.00 bits per heavy atom. The average molecular weight is 436 g/mol. The molecule has 2 aliphatic rings. The van der Waals surface area contributed by atoms with Gasteiger partial charge in [0.1, 0.15) is 11.6 Å². The van der Waals surface area contributed by atoms with Gasteiger partial charge in [-0.15, -0.1) is 0 Å². The van der Waals surface area contributed by atoms with Crippen LogP contribution in [0.2, 0.25) is 0 Å². The molecule has 1 aromatic carbocycles. The summed E-state index contributed by atoms with van der Waals surface area (Å²) >= 11 is 0. The first-order valence-electron chi connectivity index (χ1n) is 11.9. The summed E-state index contributed by atoms with van der Waals surface area (Å²) in [5.74, 6) is 0.505. The van der Waals surface area contributed by atoms with Crippen molar-refractivity contribution in [2.24, 2.45) is 5.92 Å². The molecule has 4 rings (SSSR count). The Hall–Kier alpha value is -2.82. The van der Waals surface area contributed by atoms with Crippen LogP contribution in [-0.2, 0) is 16.0 Å². The third-order valence-corrected chi connectivity index (χ3v) is 6.77. The number of hydrogen-bond acceptors (Lipinski definition) is 4. The summed E-state index contributed by atoms with van der Waals surface area (Å²) in [5.41, 5.74) is 3.19. The monoisotopic (exact) mass is 435 g/mol. The van der Waals surface area contributed by atoms with Crippen LogP contribution in [0, 0.1) is 5.92 Å². The van der Waals surface area contributed by atoms with E-state index in [1.165, 1.54) is 5.56 Å². The molecule has 0 amide bonds. The molecule has 2 atom stereocenters. The van der Waals surface area contributed by atoms with E-state index in [1.54, 1.807) is 6.07 Å². The number of benzene rings is 1. The molecule has 2 N–H and O–H groups in total. The molecule has 0 bridgehead atoms. The molecule has 0 saturated heterocycles. The molecular weight excluding hydrogens is 402 g/mol. The Balaban J connectivity index is 1.33. The number of Topliss-reactive ketones (excluding diaryl/α,β-unsaturated/α-hetero) is 2. The van der Waals surface area contributed by atoms with E-state index in [0.717, 1.165) is 49.8 Å². The average Bonchev–Trinajstić information content (AvgIpc) is 3.46. The van der Waals surface area contributed by atoms with Gasteiger partial charge in [-0.3, -0.25) is 9.59 Å². The molecule has 5 nitrogen and oxygen atoms in total. The second-order valence-corrected chi connectivity index (χ2v) is 9.13. The topological polar surface area (TPSA) is 79.4 Å². The fraction of sp³-hybridized carbons (Fsp3) is 0.481. The van der Waals surface area contributed by atoms with Gasteiger partial charge in [-0.1, -0.05) is 25.5 Å². The van der Waals surface area contributed by atoms with Crippen LogP contribution in [0.4, 0.5) is 0 Å². The largest absolute Gasteiger partial charge is 0.504 e. The zero-order chi connectivity index (χ0) is 22.5. The van der Waals surface area contributed by atoms with Crippen LogP contribution >= 0.6 is 0 Å². The Bertz CT molecular complexity index is 983. The fourth-order valence-corrected chi connectivity index (χ4v) is 5.05. The van der Waals surface area contributed by atoms with Crippen molar-refractivity contribution in [3.8, 4) is 11.5 Å². The first-order chi connectivity index (χ1) is 15.5. The predicted molar refractivity (Wildman–Crippen MR) is 125 cm³/mol. The van der Waals surface area contributed by atoms with E-state index < -0.39 is 0 Å². The number of aromatic amines is 1. The van der Waals surface area contributed by atoms with E-state index in [0.29, 0.717) is 18.6 Å². The highest BCUT2D eigenvalue weighted by Gasteiger charge is 2.32. The van der Waals surface area contributed by atoms with Crippen LogP contribution < -0.4 is 4.74 Å². The molecule has 0 spiro atoms. The van der Waals surface area contributed by atoms with Crippen LogP contribution in [-0.4, -0.2) is 27.8 Å². The maximum Gasteiger partial charge on any atom is 0.161 e. The van der Waals surface area contributed by atoms with Gasteiger partial charge < -0.3 is 14.8 Å². The normalized spacial score (nSPS) is 20.3. The molecule has 1 heterocycles. The van der Waals surface area contributed by atoms with Crippen LogP contribution in [0.3, 0.4) is 0 Å². The lowest BCUT2D eigenvalue weighted by Crippen LogP contribution is -2.25. The number of aromatic hydroxyl groups is 1. The third kappa shape index (κ3) is 5.14. The number of phenols is 1. The van der Waals surface area contributed by atoms with E-state index in [9.17, 15) is 14.7 Å². The van der Waals surface area contributed by atoms with Crippen LogP contribution in [0.15, 0.2) is 36.5 Å². The van der Waals surface area contributed by atoms with Crippen molar-refractivity contribution in [2.45, 2.75) is 76.7 Å². The van der Waals surface area contributed by atoms with E-state index in [4.69, 9.17) is 4.74 Å². The number of nitrogens with one attached hydrogen (secondary N) is 1. The highest BCUT2D eigenvalue weighted by atomic mass is 16.5. The van der Waals surface area contributed by atoms with Crippen LogP contribution in [0.5, 0.6) is 11.5 Å². The minimum absolute atomic E-state index is 0.00696. The number of fused-ring (bicyclic) bond motifs is 1. The molecular formula is C27H33NO4. The van der Waals surface area contributed by atoms with Crippen molar-refractivity contribution < 1.29 is 19.4 Å². The zero-order valence-corrected chi connectivity index (χ0v) is 18.8. The van der Waals surface area contributed by atoms with Crippen molar-refractivity contribution >= 4 is 17.6 Å². The lowest BCUT2D eigenvalue weighted by molar-refractivity contribution is -0.128. The molecule has 170 valence electrons. The second kappa shape index (κ2) is 10.2. The molecule has 32 heavy (non-hydrogen) atoms. The van der Waals surface area contributed by atoms with Crippen molar-refractivity contribution in [2.75, 3.05) is 0 Å². The summed E-state index contributed by atoms with van der Waals surface area (Å²) in [6.07, 6.45) is 13.1. The van der Waals surface area contributed by atoms with Gasteiger partial charge in [0.05, 0.1) is 12.5 Å². The van der Waals surface area contributed by atoms with Gasteiger partial charge in [0, 0.05) is 24.2 Å². The molecule has 5 heteroatoms. The number of ketones is 2. The summed E-state index contributed by atoms with van der Waals surface area (Å²) in [5, 5.41) is 10.1. The zero-order valence-electron chi connectivity index (χ0n) is 18.8. The number of carbonyl (C=O) groups excluding carboxylic acids is 2. The molecule has 0 aliphatic heterocycles. The van der Waals surface area contributed by atoms with Gasteiger partial charge in [0.2, 0.25) is 0 Å². The quantitative estimate of drug-likeness (QED) is 0.467. The van der Waals surface area contributed by atoms with Crippen LogP contribution in [0.25, 0.3) is 6.08 Å². The Kier molecular flexibility index (Phi) is 7.13. The summed E-state index contributed by atoms with van der Waals surface area (Å²) < 4.78 is 5.96. The Morgan fingerprint density at radius 3 is 2.78 bits per heavy atom. The van der Waals surface area contributed by atoms with Crippen molar-refractivity contribution in [1.82, 2.24) is 4.98 Å². The highest BCUT2D eigenvalue weighted by Crippen LogP contribution is 2.38. The summed E-state index contributed by atoms with van der Waals surface area (Å²) in [6.45, 7) is 2.12. The van der Waals surface area contributed by atoms with Crippen molar-refractivity contribution in [1.29, 1.82) is 0 Å². The summed E-state index contributed by atoms with van der Waals surface area (Å²) in [6, 6.07) is 7.33. The molecule has 1 fully saturated rings. The minimum Gasteiger partial charge on any atom is -0.504 e. The number of carbonyl (C=O) groups is 2. The highest BCUT2D eigenvalue weighted by molar-refractivity contribution is 6.01. The van der Waals surface area contributed by atoms with Gasteiger partial charge in [0.25, 0.3) is 0 Å². The lowest BCUT2D eigenvalue weighted by atomic mass is 9.76. The predicted octanol–water partition coefficient (Wildman–Crippen LogP) is 5.73. The molecule has 1 saturated carbocycles. The number of phenolic OH excluding ortho intramolecular Hbond substituents is 1. The molecule has 1 aromatic heterocycles. The van der Waals surface area contributed by atoms with E-state index in [1.807, 2.05) is 30.5 Å². The van der Waals surface area contributed by atoms with E-state index in [2.05, 4.69) is 18.0 Å². The number of hydrogen-bond donors (Lipinski definition) is 2. The number of allylic oxidation sites excluding steroid dienone is 1. The van der Waals surface area contributed by atoms with Gasteiger partial charge >= 0.3 is 0 Å². The second-order valence-electron chi connectivity index (χ2n) is 9.13. The minimum atomic E-state index is -0.234. The number of ether oxygens (including phenoxy) is 1. The molecule has 2 aliphatic carbocycles. The summed E-state index contributed by atoms with van der Waals surface area (Å²) in [7, 11) is 0. The van der Waals surface area contributed by atoms with E-state index >= 15 is 0 Å². The third-order valence-electron chi connectivity index (χ3n) is 6.77. The first kappa shape index (κ1) is 22.4. The standard InChI is InChI=1S/C27H33NO4/c1-2-5-21-22-14-15-28-24(22)12-11-23(21)26(31)17-19(29)10-8-18-9-13-25(30)27(16-18)32-20-6-3-4-7-20/h9,11-16,20-21,23,28,30H,2-8,10,17H2,1H3.